The summed E-state index contributed by atoms with van der Waals surface area (Å²) in [5, 5.41) is 0. The fourth-order valence-corrected chi connectivity index (χ4v) is 5.26. The number of rotatable bonds is 7. The van der Waals surface area contributed by atoms with E-state index >= 15 is 0 Å². The van der Waals surface area contributed by atoms with Crippen molar-refractivity contribution in [1.82, 2.24) is 14.3 Å². The standard InChI is InChI=1S/C31H33N3O3/c1-3-37-31(36)25-13-9-19-33(20-25)29(35)18-16-27-30(23-11-5-4-6-12-23)32-28-17-15-24(21-34(27)28)26-14-8-7-10-22(26)2/h4-8,10-12,14-15,17,21,25H,3,9,13,16,18-20H2,1-2H3. The molecule has 1 amide bonds. The van der Waals surface area contributed by atoms with E-state index in [0.717, 1.165) is 41.0 Å². The SMILES string of the molecule is CCOC(=O)C1CCCN(C(=O)CCc2c(-c3ccccc3)nc3ccc(-c4ccccc4C)cn23)C1. The van der Waals surface area contributed by atoms with Gasteiger partial charge in [0.15, 0.2) is 0 Å². The van der Waals surface area contributed by atoms with Gasteiger partial charge in [-0.2, -0.15) is 0 Å². The fraction of sp³-hybridized carbons (Fsp3) is 0.323. The number of benzene rings is 2. The zero-order chi connectivity index (χ0) is 25.8. The zero-order valence-corrected chi connectivity index (χ0v) is 21.5. The van der Waals surface area contributed by atoms with Crippen molar-refractivity contribution in [2.24, 2.45) is 5.92 Å². The van der Waals surface area contributed by atoms with Crippen molar-refractivity contribution in [3.63, 3.8) is 0 Å². The highest BCUT2D eigenvalue weighted by atomic mass is 16.5. The van der Waals surface area contributed by atoms with Gasteiger partial charge in [0.25, 0.3) is 0 Å². The second-order valence-corrected chi connectivity index (χ2v) is 9.66. The predicted octanol–water partition coefficient (Wildman–Crippen LogP) is 5.71. The molecule has 1 saturated heterocycles. The molecule has 0 radical (unpaired) electrons. The van der Waals surface area contributed by atoms with Crippen molar-refractivity contribution in [2.45, 2.75) is 39.5 Å². The number of imidazole rings is 1. The van der Waals surface area contributed by atoms with E-state index in [1.54, 1.807) is 0 Å². The maximum atomic E-state index is 13.3. The minimum absolute atomic E-state index is 0.0676. The number of esters is 1. The smallest absolute Gasteiger partial charge is 0.310 e. The number of aryl methyl sites for hydroxylation is 2. The van der Waals surface area contributed by atoms with Crippen molar-refractivity contribution in [3.05, 3.63) is 84.2 Å². The van der Waals surface area contributed by atoms with E-state index in [4.69, 9.17) is 9.72 Å². The Bertz CT molecular complexity index is 1410. The minimum atomic E-state index is -0.231. The third-order valence-electron chi connectivity index (χ3n) is 7.19. The molecule has 2 aromatic carbocycles. The van der Waals surface area contributed by atoms with Gasteiger partial charge in [0.2, 0.25) is 5.91 Å². The maximum Gasteiger partial charge on any atom is 0.310 e. The molecule has 5 rings (SSSR count). The number of nitrogens with zero attached hydrogens (tertiary/aromatic N) is 3. The summed E-state index contributed by atoms with van der Waals surface area (Å²) in [4.78, 5) is 32.3. The first kappa shape index (κ1) is 24.8. The molecule has 190 valence electrons. The molecule has 4 aromatic rings. The van der Waals surface area contributed by atoms with Crippen LogP contribution >= 0.6 is 0 Å². The Balaban J connectivity index is 1.44. The third kappa shape index (κ3) is 5.29. The van der Waals surface area contributed by atoms with Gasteiger partial charge in [0.1, 0.15) is 5.65 Å². The van der Waals surface area contributed by atoms with Crippen LogP contribution in [0.15, 0.2) is 72.9 Å². The highest BCUT2D eigenvalue weighted by Crippen LogP contribution is 2.30. The number of pyridine rings is 1. The van der Waals surface area contributed by atoms with Gasteiger partial charge in [-0.25, -0.2) is 4.98 Å². The fourth-order valence-electron chi connectivity index (χ4n) is 5.26. The van der Waals surface area contributed by atoms with Gasteiger partial charge >= 0.3 is 5.97 Å². The average molecular weight is 496 g/mol. The molecule has 2 aromatic heterocycles. The molecular formula is C31H33N3O3. The summed E-state index contributed by atoms with van der Waals surface area (Å²) in [6, 6.07) is 22.6. The zero-order valence-electron chi connectivity index (χ0n) is 21.5. The average Bonchev–Trinajstić information content (AvgIpc) is 3.30. The van der Waals surface area contributed by atoms with Crippen molar-refractivity contribution in [1.29, 1.82) is 0 Å². The number of piperidine rings is 1. The van der Waals surface area contributed by atoms with Crippen LogP contribution in [-0.4, -0.2) is 45.9 Å². The number of hydrogen-bond donors (Lipinski definition) is 0. The summed E-state index contributed by atoms with van der Waals surface area (Å²) >= 11 is 0. The first-order valence-corrected chi connectivity index (χ1v) is 13.1. The van der Waals surface area contributed by atoms with Gasteiger partial charge in [-0.15, -0.1) is 0 Å². The van der Waals surface area contributed by atoms with E-state index in [2.05, 4.69) is 53.9 Å². The second-order valence-electron chi connectivity index (χ2n) is 9.66. The Morgan fingerprint density at radius 2 is 1.78 bits per heavy atom. The molecule has 1 aliphatic heterocycles. The molecule has 0 aliphatic carbocycles. The molecule has 3 heterocycles. The van der Waals surface area contributed by atoms with Gasteiger partial charge in [-0.1, -0.05) is 54.6 Å². The predicted molar refractivity (Wildman–Crippen MR) is 145 cm³/mol. The second kappa shape index (κ2) is 11.0. The van der Waals surface area contributed by atoms with Gasteiger partial charge < -0.3 is 14.0 Å². The number of hydrogen-bond acceptors (Lipinski definition) is 4. The van der Waals surface area contributed by atoms with Crippen LogP contribution in [0.2, 0.25) is 0 Å². The van der Waals surface area contributed by atoms with Gasteiger partial charge in [0, 0.05) is 31.3 Å². The number of fused-ring (bicyclic) bond motifs is 1. The van der Waals surface area contributed by atoms with Crippen molar-refractivity contribution in [3.8, 4) is 22.4 Å². The largest absolute Gasteiger partial charge is 0.466 e. The Kier molecular flexibility index (Phi) is 7.35. The molecular weight excluding hydrogens is 462 g/mol. The molecule has 37 heavy (non-hydrogen) atoms. The highest BCUT2D eigenvalue weighted by Gasteiger charge is 2.29. The van der Waals surface area contributed by atoms with E-state index in [-0.39, 0.29) is 17.8 Å². The van der Waals surface area contributed by atoms with Gasteiger partial charge in [-0.3, -0.25) is 9.59 Å². The molecule has 1 fully saturated rings. The van der Waals surface area contributed by atoms with E-state index in [0.29, 0.717) is 32.5 Å². The summed E-state index contributed by atoms with van der Waals surface area (Å²) in [5.74, 6) is -0.361. The molecule has 0 N–H and O–H groups in total. The third-order valence-corrected chi connectivity index (χ3v) is 7.19. The number of carbonyl (C=O) groups excluding carboxylic acids is 2. The normalized spacial score (nSPS) is 15.6. The van der Waals surface area contributed by atoms with Crippen molar-refractivity contribution < 1.29 is 14.3 Å². The Morgan fingerprint density at radius 1 is 1.00 bits per heavy atom. The van der Waals surface area contributed by atoms with E-state index in [9.17, 15) is 9.59 Å². The lowest BCUT2D eigenvalue weighted by Crippen LogP contribution is -2.42. The lowest BCUT2D eigenvalue weighted by Gasteiger charge is -2.31. The summed E-state index contributed by atoms with van der Waals surface area (Å²) in [6.45, 7) is 5.42. The van der Waals surface area contributed by atoms with Crippen molar-refractivity contribution in [2.75, 3.05) is 19.7 Å². The molecule has 0 bridgehead atoms. The molecule has 0 saturated carbocycles. The summed E-state index contributed by atoms with van der Waals surface area (Å²) in [5.41, 5.74) is 7.32. The van der Waals surface area contributed by atoms with Crippen molar-refractivity contribution >= 4 is 17.5 Å². The quantitative estimate of drug-likeness (QED) is 0.308. The number of aromatic nitrogens is 2. The molecule has 1 aliphatic rings. The van der Waals surface area contributed by atoms with E-state index < -0.39 is 0 Å². The van der Waals surface area contributed by atoms with E-state index in [1.165, 1.54) is 11.1 Å². The first-order valence-electron chi connectivity index (χ1n) is 13.1. The van der Waals surface area contributed by atoms with Crippen LogP contribution in [0.4, 0.5) is 0 Å². The summed E-state index contributed by atoms with van der Waals surface area (Å²) in [6.07, 6.45) is 4.64. The van der Waals surface area contributed by atoms with Gasteiger partial charge in [0.05, 0.1) is 23.9 Å². The number of ether oxygens (including phenoxy) is 1. The Hall–Kier alpha value is -3.93. The Morgan fingerprint density at radius 3 is 2.57 bits per heavy atom. The van der Waals surface area contributed by atoms with Crippen LogP contribution in [0.3, 0.4) is 0 Å². The van der Waals surface area contributed by atoms with Crippen LogP contribution in [0.1, 0.15) is 37.4 Å². The van der Waals surface area contributed by atoms with E-state index in [1.807, 2.05) is 42.2 Å². The molecule has 1 atom stereocenters. The Labute approximate surface area is 217 Å². The van der Waals surface area contributed by atoms with Crippen LogP contribution in [0, 0.1) is 12.8 Å². The molecule has 1 unspecified atom stereocenters. The molecule has 6 nitrogen and oxygen atoms in total. The number of amides is 1. The van der Waals surface area contributed by atoms with Crippen LogP contribution in [-0.2, 0) is 20.7 Å². The minimum Gasteiger partial charge on any atom is -0.466 e. The first-order chi connectivity index (χ1) is 18.0. The summed E-state index contributed by atoms with van der Waals surface area (Å²) in [7, 11) is 0. The van der Waals surface area contributed by atoms with Crippen LogP contribution < -0.4 is 0 Å². The summed E-state index contributed by atoms with van der Waals surface area (Å²) < 4.78 is 7.34. The number of likely N-dealkylation sites (tertiary alicyclic amines) is 1. The molecule has 0 spiro atoms. The maximum absolute atomic E-state index is 13.3. The highest BCUT2D eigenvalue weighted by molar-refractivity contribution is 5.79. The molecule has 6 heteroatoms. The lowest BCUT2D eigenvalue weighted by molar-refractivity contribution is -0.151. The number of carbonyl (C=O) groups is 2. The van der Waals surface area contributed by atoms with Crippen LogP contribution in [0.5, 0.6) is 0 Å². The lowest BCUT2D eigenvalue weighted by atomic mass is 9.97. The van der Waals surface area contributed by atoms with Crippen LogP contribution in [0.25, 0.3) is 28.0 Å². The topological polar surface area (TPSA) is 63.9 Å². The monoisotopic (exact) mass is 495 g/mol. The van der Waals surface area contributed by atoms with Gasteiger partial charge in [-0.05, 0) is 61.9 Å².